The second-order valence-electron chi connectivity index (χ2n) is 12.8. The first-order valence-electron chi connectivity index (χ1n) is 17.1. The summed E-state index contributed by atoms with van der Waals surface area (Å²) in [5.41, 5.74) is 8.64. The van der Waals surface area contributed by atoms with Crippen molar-refractivity contribution in [2.75, 3.05) is 0 Å². The van der Waals surface area contributed by atoms with E-state index in [4.69, 9.17) is 15.0 Å². The third-order valence-corrected chi connectivity index (χ3v) is 9.49. The first kappa shape index (κ1) is 31.2. The highest BCUT2D eigenvalue weighted by atomic mass is 19.1. The lowest BCUT2D eigenvalue weighted by Crippen LogP contribution is -2.04. The Kier molecular flexibility index (Phi) is 7.70. The number of aryl methyl sites for hydroxylation is 1. The third-order valence-electron chi connectivity index (χ3n) is 9.49. The van der Waals surface area contributed by atoms with Crippen molar-refractivity contribution in [1.82, 2.24) is 19.5 Å². The molecule has 0 aliphatic heterocycles. The van der Waals surface area contributed by atoms with E-state index in [9.17, 15) is 0 Å². The van der Waals surface area contributed by atoms with Crippen LogP contribution in [0.25, 0.3) is 83.9 Å². The highest BCUT2D eigenvalue weighted by Crippen LogP contribution is 2.40. The number of rotatable bonds is 6. The number of hydrogen-bond acceptors (Lipinski definition) is 3. The van der Waals surface area contributed by atoms with Crippen LogP contribution in [0.1, 0.15) is 5.56 Å². The lowest BCUT2D eigenvalue weighted by atomic mass is 10.00. The predicted molar refractivity (Wildman–Crippen MR) is 206 cm³/mol. The second-order valence-corrected chi connectivity index (χ2v) is 12.8. The zero-order valence-corrected chi connectivity index (χ0v) is 28.1. The third kappa shape index (κ3) is 5.51. The Morgan fingerprint density at radius 1 is 0.423 bits per heavy atom. The van der Waals surface area contributed by atoms with Crippen molar-refractivity contribution >= 4 is 21.8 Å². The molecule has 4 nitrogen and oxygen atoms in total. The van der Waals surface area contributed by atoms with Gasteiger partial charge in [-0.05, 0) is 66.1 Å². The molecular formula is C46H30F2N4. The molecule has 0 radical (unpaired) electrons. The fourth-order valence-electron chi connectivity index (χ4n) is 6.92. The van der Waals surface area contributed by atoms with Crippen molar-refractivity contribution in [2.45, 2.75) is 6.92 Å². The highest BCUT2D eigenvalue weighted by Gasteiger charge is 2.22. The molecule has 2 heterocycles. The van der Waals surface area contributed by atoms with E-state index >= 15 is 8.78 Å². The maximum atomic E-state index is 15.4. The molecule has 0 saturated carbocycles. The largest absolute Gasteiger partial charge is 0.308 e. The smallest absolute Gasteiger partial charge is 0.166 e. The lowest BCUT2D eigenvalue weighted by molar-refractivity contribution is 0.589. The zero-order valence-electron chi connectivity index (χ0n) is 28.1. The van der Waals surface area contributed by atoms with Gasteiger partial charge in [-0.3, -0.25) is 0 Å². The highest BCUT2D eigenvalue weighted by molar-refractivity contribution is 6.11. The molecule has 52 heavy (non-hydrogen) atoms. The van der Waals surface area contributed by atoms with Gasteiger partial charge in [0.25, 0.3) is 0 Å². The molecule has 0 unspecified atom stereocenters. The molecule has 0 aliphatic carbocycles. The molecule has 0 saturated heterocycles. The van der Waals surface area contributed by atoms with E-state index in [0.29, 0.717) is 34.3 Å². The summed E-state index contributed by atoms with van der Waals surface area (Å²) < 4.78 is 32.9. The van der Waals surface area contributed by atoms with Gasteiger partial charge in [-0.25, -0.2) is 23.7 Å². The summed E-state index contributed by atoms with van der Waals surface area (Å²) in [5.74, 6) is 0.197. The Balaban J connectivity index is 1.35. The van der Waals surface area contributed by atoms with E-state index in [-0.39, 0.29) is 5.56 Å². The summed E-state index contributed by atoms with van der Waals surface area (Å²) in [5, 5.41) is 2.10. The number of para-hydroxylation sites is 1. The molecule has 7 aromatic carbocycles. The Morgan fingerprint density at radius 3 is 1.65 bits per heavy atom. The van der Waals surface area contributed by atoms with Crippen molar-refractivity contribution in [3.05, 3.63) is 181 Å². The molecule has 248 valence electrons. The quantitative estimate of drug-likeness (QED) is 0.176. The lowest BCUT2D eigenvalue weighted by Gasteiger charge is -2.17. The number of halogens is 2. The summed E-state index contributed by atoms with van der Waals surface area (Å²) in [6.07, 6.45) is 0. The Labute approximate surface area is 299 Å². The fraction of sp³-hybridized carbons (Fsp3) is 0.0217. The van der Waals surface area contributed by atoms with Crippen LogP contribution in [-0.2, 0) is 0 Å². The van der Waals surface area contributed by atoms with Crippen LogP contribution >= 0.6 is 0 Å². The van der Waals surface area contributed by atoms with Gasteiger partial charge in [-0.1, -0.05) is 127 Å². The van der Waals surface area contributed by atoms with E-state index in [0.717, 1.165) is 44.1 Å². The van der Waals surface area contributed by atoms with Crippen molar-refractivity contribution in [3.8, 4) is 62.1 Å². The van der Waals surface area contributed by atoms with E-state index in [1.165, 1.54) is 23.8 Å². The first-order chi connectivity index (χ1) is 25.5. The van der Waals surface area contributed by atoms with Crippen molar-refractivity contribution < 1.29 is 8.78 Å². The minimum Gasteiger partial charge on any atom is -0.308 e. The maximum Gasteiger partial charge on any atom is 0.166 e. The van der Waals surface area contributed by atoms with Gasteiger partial charge in [0.05, 0.1) is 22.3 Å². The van der Waals surface area contributed by atoms with Gasteiger partial charge in [0.1, 0.15) is 11.6 Å². The Hall–Kier alpha value is -6.79. The fourth-order valence-corrected chi connectivity index (χ4v) is 6.92. The van der Waals surface area contributed by atoms with Gasteiger partial charge in [0, 0.05) is 27.5 Å². The van der Waals surface area contributed by atoms with E-state index in [1.54, 1.807) is 6.07 Å². The molecule has 0 aliphatic rings. The molecule has 0 N–H and O–H groups in total. The van der Waals surface area contributed by atoms with Crippen LogP contribution in [0.2, 0.25) is 0 Å². The Bertz CT molecular complexity index is 2680. The molecule has 9 aromatic rings. The Morgan fingerprint density at radius 2 is 0.981 bits per heavy atom. The first-order valence-corrected chi connectivity index (χ1v) is 17.1. The van der Waals surface area contributed by atoms with Gasteiger partial charge in [-0.15, -0.1) is 0 Å². The van der Waals surface area contributed by atoms with E-state index < -0.39 is 11.6 Å². The molecule has 0 amide bonds. The minimum atomic E-state index is -0.637. The number of hydrogen-bond donors (Lipinski definition) is 0. The molecular weight excluding hydrogens is 647 g/mol. The normalized spacial score (nSPS) is 11.4. The molecule has 0 fully saturated rings. The molecule has 6 heteroatoms. The number of aromatic nitrogens is 4. The van der Waals surface area contributed by atoms with Crippen LogP contribution in [-0.4, -0.2) is 19.5 Å². The van der Waals surface area contributed by atoms with Gasteiger partial charge in [0.15, 0.2) is 17.5 Å². The summed E-state index contributed by atoms with van der Waals surface area (Å²) in [4.78, 5) is 15.0. The second kappa shape index (κ2) is 12.8. The number of benzene rings is 7. The minimum absolute atomic E-state index is 0.0941. The average Bonchev–Trinajstić information content (AvgIpc) is 3.52. The molecule has 2 aromatic heterocycles. The van der Waals surface area contributed by atoms with Crippen molar-refractivity contribution in [3.63, 3.8) is 0 Å². The molecule has 0 atom stereocenters. The molecule has 0 bridgehead atoms. The van der Waals surface area contributed by atoms with Crippen molar-refractivity contribution in [1.29, 1.82) is 0 Å². The zero-order chi connectivity index (χ0) is 35.2. The molecule has 9 rings (SSSR count). The van der Waals surface area contributed by atoms with Crippen LogP contribution in [0, 0.1) is 18.6 Å². The van der Waals surface area contributed by atoms with Gasteiger partial charge < -0.3 is 4.57 Å². The standard InChI is InChI=1S/C46H30F2N4/c1-29-19-21-30(22-20-29)33-24-26-41-37(27-33)35-15-8-9-18-40(35)52(41)42-28-34(43-38(47)16-10-17-39(43)48)23-25-36(42)46-50-44(31-11-4-2-5-12-31)49-45(51-46)32-13-6-3-7-14-32/h2-28H,1H3. The average molecular weight is 677 g/mol. The van der Waals surface area contributed by atoms with Crippen LogP contribution in [0.5, 0.6) is 0 Å². The van der Waals surface area contributed by atoms with Gasteiger partial charge >= 0.3 is 0 Å². The van der Waals surface area contributed by atoms with E-state index in [1.807, 2.05) is 84.9 Å². The van der Waals surface area contributed by atoms with Gasteiger partial charge in [-0.2, -0.15) is 0 Å². The van der Waals surface area contributed by atoms with Crippen LogP contribution in [0.3, 0.4) is 0 Å². The topological polar surface area (TPSA) is 43.6 Å². The number of fused-ring (bicyclic) bond motifs is 3. The van der Waals surface area contributed by atoms with Crippen LogP contribution in [0.15, 0.2) is 164 Å². The SMILES string of the molecule is Cc1ccc(-c2ccc3c(c2)c2ccccc2n3-c2cc(-c3c(F)cccc3F)ccc2-c2nc(-c3ccccc3)nc(-c3ccccc3)n2)cc1. The summed E-state index contributed by atoms with van der Waals surface area (Å²) in [6.45, 7) is 2.08. The van der Waals surface area contributed by atoms with Gasteiger partial charge in [0.2, 0.25) is 0 Å². The van der Waals surface area contributed by atoms with Crippen LogP contribution in [0.4, 0.5) is 8.78 Å². The van der Waals surface area contributed by atoms with E-state index in [2.05, 4.69) is 66.1 Å². The maximum absolute atomic E-state index is 15.4. The van der Waals surface area contributed by atoms with Crippen molar-refractivity contribution in [2.24, 2.45) is 0 Å². The number of nitrogens with zero attached hydrogens (tertiary/aromatic N) is 4. The summed E-state index contributed by atoms with van der Waals surface area (Å²) in [6, 6.07) is 52.1. The van der Waals surface area contributed by atoms with Crippen LogP contribution < -0.4 is 0 Å². The predicted octanol–water partition coefficient (Wildman–Crippen LogP) is 11.9. The summed E-state index contributed by atoms with van der Waals surface area (Å²) in [7, 11) is 0. The monoisotopic (exact) mass is 676 g/mol. The molecule has 0 spiro atoms. The summed E-state index contributed by atoms with van der Waals surface area (Å²) >= 11 is 0.